The van der Waals surface area contributed by atoms with Crippen molar-refractivity contribution < 1.29 is 43.2 Å². The molecule has 0 radical (unpaired) electrons. The highest BCUT2D eigenvalue weighted by Crippen LogP contribution is 2.06. The molecule has 0 atom stereocenters. The van der Waals surface area contributed by atoms with E-state index in [0.717, 1.165) is 10.1 Å². The second-order valence-electron chi connectivity index (χ2n) is 2.99. The maximum atomic E-state index is 5.79. The fourth-order valence-corrected chi connectivity index (χ4v) is 1.87. The van der Waals surface area contributed by atoms with Crippen molar-refractivity contribution in [1.29, 1.82) is 0 Å². The van der Waals surface area contributed by atoms with Crippen molar-refractivity contribution in [3.63, 3.8) is 0 Å². The predicted molar refractivity (Wildman–Crippen MR) is 53.5 cm³/mol. The molecule has 0 aliphatic heterocycles. The summed E-state index contributed by atoms with van der Waals surface area (Å²) in [5.41, 5.74) is 5.79. The molecule has 7 heteroatoms. The molecule has 0 aliphatic carbocycles. The van der Waals surface area contributed by atoms with Crippen LogP contribution in [-0.2, 0) is 6.67 Å². The third kappa shape index (κ3) is 3.80. The average molecular weight is 368 g/mol. The number of aryl methyl sites for hydroxylation is 1. The lowest BCUT2D eigenvalue weighted by Crippen LogP contribution is -3.00. The van der Waals surface area contributed by atoms with Crippen molar-refractivity contribution in [2.45, 2.75) is 13.6 Å². The van der Waals surface area contributed by atoms with Crippen LogP contribution in [0.3, 0.4) is 0 Å². The SMILES string of the molecule is Cc1n[n+](C[n+]2ccccc2)c(N)s1.[Br-].[Br-]. The van der Waals surface area contributed by atoms with Crippen LogP contribution in [0.2, 0.25) is 0 Å². The number of pyridine rings is 1. The lowest BCUT2D eigenvalue weighted by atomic mass is 10.5. The van der Waals surface area contributed by atoms with Gasteiger partial charge in [-0.25, -0.2) is 0 Å². The fraction of sp³-hybridized carbons (Fsp3) is 0.222. The van der Waals surface area contributed by atoms with Gasteiger partial charge in [-0.15, -0.1) is 0 Å². The number of nitrogens with zero attached hydrogens (tertiary/aromatic N) is 3. The van der Waals surface area contributed by atoms with Gasteiger partial charge in [-0.2, -0.15) is 4.57 Å². The summed E-state index contributed by atoms with van der Waals surface area (Å²) in [6.07, 6.45) is 3.97. The van der Waals surface area contributed by atoms with Gasteiger partial charge in [-0.3, -0.25) is 5.73 Å². The van der Waals surface area contributed by atoms with Crippen molar-refractivity contribution in [2.75, 3.05) is 5.73 Å². The van der Waals surface area contributed by atoms with Gasteiger partial charge in [-0.1, -0.05) is 15.8 Å². The van der Waals surface area contributed by atoms with E-state index in [-0.39, 0.29) is 34.0 Å². The Morgan fingerprint density at radius 1 is 1.25 bits per heavy atom. The molecule has 2 rings (SSSR count). The average Bonchev–Trinajstić information content (AvgIpc) is 2.47. The van der Waals surface area contributed by atoms with Crippen LogP contribution < -0.4 is 48.9 Å². The highest BCUT2D eigenvalue weighted by Gasteiger charge is 2.14. The van der Waals surface area contributed by atoms with E-state index in [4.69, 9.17) is 5.73 Å². The normalized spacial score (nSPS) is 9.06. The Labute approximate surface area is 119 Å². The number of hydrogen-bond acceptors (Lipinski definition) is 3. The van der Waals surface area contributed by atoms with Gasteiger partial charge in [0.25, 0.3) is 0 Å². The summed E-state index contributed by atoms with van der Waals surface area (Å²) >= 11 is 1.50. The Morgan fingerprint density at radius 3 is 2.38 bits per heavy atom. The van der Waals surface area contributed by atoms with Crippen LogP contribution in [0.4, 0.5) is 5.13 Å². The first-order valence-corrected chi connectivity index (χ1v) is 5.14. The fourth-order valence-electron chi connectivity index (χ4n) is 1.23. The molecule has 2 aromatic heterocycles. The highest BCUT2D eigenvalue weighted by molar-refractivity contribution is 7.14. The van der Waals surface area contributed by atoms with Crippen molar-refractivity contribution in [3.05, 3.63) is 35.6 Å². The van der Waals surface area contributed by atoms with E-state index in [2.05, 4.69) is 5.10 Å². The standard InChI is InChI=1S/C9H11N4S.2BrH/c1-8-11-13(9(10)14-8)7-12-5-3-2-4-6-12;;/h2-6,10H,7H2,1H3;2*1H/q+1;;/p-1. The van der Waals surface area contributed by atoms with Crippen LogP contribution in [-0.4, -0.2) is 5.10 Å². The molecule has 0 aromatic carbocycles. The van der Waals surface area contributed by atoms with E-state index in [1.54, 1.807) is 4.68 Å². The Hall–Kier alpha value is -0.530. The van der Waals surface area contributed by atoms with Crippen molar-refractivity contribution in [3.8, 4) is 0 Å². The van der Waals surface area contributed by atoms with Gasteiger partial charge in [0.1, 0.15) is 5.01 Å². The molecule has 0 saturated carbocycles. The molecule has 0 bridgehead atoms. The number of anilines is 1. The minimum atomic E-state index is 0. The van der Waals surface area contributed by atoms with E-state index in [1.165, 1.54) is 11.3 Å². The number of hydrogen-bond donors (Lipinski definition) is 1. The Morgan fingerprint density at radius 2 is 1.88 bits per heavy atom. The third-order valence-electron chi connectivity index (χ3n) is 1.84. The highest BCUT2D eigenvalue weighted by atomic mass is 79.9. The van der Waals surface area contributed by atoms with Crippen LogP contribution in [0, 0.1) is 6.92 Å². The Bertz CT molecular complexity index is 432. The van der Waals surface area contributed by atoms with Gasteiger partial charge < -0.3 is 34.0 Å². The molecular formula is C9H12Br2N4S. The van der Waals surface area contributed by atoms with Gasteiger partial charge in [0.2, 0.25) is 0 Å². The molecule has 88 valence electrons. The summed E-state index contributed by atoms with van der Waals surface area (Å²) in [6, 6.07) is 5.95. The zero-order valence-electron chi connectivity index (χ0n) is 8.68. The summed E-state index contributed by atoms with van der Waals surface area (Å²) in [5, 5.41) is 6.02. The van der Waals surface area contributed by atoms with Gasteiger partial charge in [0.15, 0.2) is 12.4 Å². The van der Waals surface area contributed by atoms with Gasteiger partial charge in [0.05, 0.1) is 0 Å². The molecule has 0 fully saturated rings. The monoisotopic (exact) mass is 366 g/mol. The molecule has 0 amide bonds. The van der Waals surface area contributed by atoms with Crippen LogP contribution in [0.25, 0.3) is 0 Å². The topological polar surface area (TPSA) is 46.7 Å². The summed E-state index contributed by atoms with van der Waals surface area (Å²) in [6.45, 7) is 2.62. The summed E-state index contributed by atoms with van der Waals surface area (Å²) < 4.78 is 3.82. The van der Waals surface area contributed by atoms with Crippen molar-refractivity contribution >= 4 is 16.5 Å². The van der Waals surface area contributed by atoms with E-state index in [0.29, 0.717) is 6.67 Å². The molecule has 0 spiro atoms. The second-order valence-corrected chi connectivity index (χ2v) is 4.20. The number of aromatic nitrogens is 3. The van der Waals surface area contributed by atoms with Crippen LogP contribution >= 0.6 is 11.3 Å². The number of nitrogen functional groups attached to an aromatic ring is 1. The maximum Gasteiger partial charge on any atom is 0.359 e. The predicted octanol–water partition coefficient (Wildman–Crippen LogP) is -5.88. The number of rotatable bonds is 2. The maximum absolute atomic E-state index is 5.79. The minimum Gasteiger partial charge on any atom is -1.00 e. The zero-order chi connectivity index (χ0) is 9.97. The van der Waals surface area contributed by atoms with Crippen LogP contribution in [0.15, 0.2) is 30.6 Å². The quantitative estimate of drug-likeness (QED) is 0.537. The lowest BCUT2D eigenvalue weighted by Gasteiger charge is -1.91. The van der Waals surface area contributed by atoms with Gasteiger partial charge in [-0.05, 0) is 18.3 Å². The summed E-state index contributed by atoms with van der Waals surface area (Å²) in [4.78, 5) is 0. The molecular weight excluding hydrogens is 356 g/mol. The zero-order valence-corrected chi connectivity index (χ0v) is 12.7. The first kappa shape index (κ1) is 15.5. The molecule has 2 heterocycles. The number of halogens is 2. The first-order valence-electron chi connectivity index (χ1n) is 4.33. The molecule has 4 nitrogen and oxygen atoms in total. The molecule has 2 aromatic rings. The van der Waals surface area contributed by atoms with Crippen molar-refractivity contribution in [1.82, 2.24) is 5.10 Å². The third-order valence-corrected chi connectivity index (χ3v) is 2.64. The molecule has 0 aliphatic rings. The van der Waals surface area contributed by atoms with E-state index < -0.39 is 0 Å². The minimum absolute atomic E-state index is 0. The van der Waals surface area contributed by atoms with Crippen LogP contribution in [0.1, 0.15) is 5.01 Å². The lowest BCUT2D eigenvalue weighted by molar-refractivity contribution is -0.930. The van der Waals surface area contributed by atoms with E-state index in [1.807, 2.05) is 42.1 Å². The number of nitrogens with two attached hydrogens (primary N) is 1. The molecule has 2 N–H and O–H groups in total. The summed E-state index contributed by atoms with van der Waals surface area (Å²) in [7, 11) is 0. The second kappa shape index (κ2) is 6.93. The summed E-state index contributed by atoms with van der Waals surface area (Å²) in [5.74, 6) is 0. The van der Waals surface area contributed by atoms with Gasteiger partial charge >= 0.3 is 11.8 Å². The molecule has 0 saturated heterocycles. The largest absolute Gasteiger partial charge is 1.00 e. The molecule has 0 unspecified atom stereocenters. The smallest absolute Gasteiger partial charge is 0.359 e. The Balaban J connectivity index is 0.00000112. The van der Waals surface area contributed by atoms with Gasteiger partial charge in [0, 0.05) is 12.1 Å². The van der Waals surface area contributed by atoms with Crippen LogP contribution in [0.5, 0.6) is 0 Å². The first-order chi connectivity index (χ1) is 6.75. The Kier molecular flexibility index (Phi) is 6.70. The van der Waals surface area contributed by atoms with Crippen molar-refractivity contribution in [2.24, 2.45) is 0 Å². The van der Waals surface area contributed by atoms with E-state index in [9.17, 15) is 0 Å². The molecule has 16 heavy (non-hydrogen) atoms. The van der Waals surface area contributed by atoms with E-state index >= 15 is 0 Å².